The molecule has 0 N–H and O–H groups in total. The summed E-state index contributed by atoms with van der Waals surface area (Å²) in [4.78, 5) is 11.4. The van der Waals surface area contributed by atoms with Crippen molar-refractivity contribution in [3.63, 3.8) is 0 Å². The van der Waals surface area contributed by atoms with Gasteiger partial charge in [-0.15, -0.1) is 30.1 Å². The van der Waals surface area contributed by atoms with Crippen LogP contribution >= 0.6 is 23.5 Å². The molecule has 4 unspecified atom stereocenters. The van der Waals surface area contributed by atoms with Crippen LogP contribution in [0.15, 0.2) is 12.7 Å². The second-order valence-electron chi connectivity index (χ2n) is 5.79. The largest absolute Gasteiger partial charge is 0.463 e. The lowest BCUT2D eigenvalue weighted by atomic mass is 10.00. The molecule has 2 nitrogen and oxygen atoms in total. The normalized spacial score (nSPS) is 44.9. The molecule has 0 radical (unpaired) electrons. The Morgan fingerprint density at radius 1 is 1.39 bits per heavy atom. The number of carbonyl (C=O) groups is 1. The van der Waals surface area contributed by atoms with Crippen LogP contribution in [0.4, 0.5) is 0 Å². The Labute approximate surface area is 117 Å². The highest BCUT2D eigenvalue weighted by atomic mass is 32.2. The molecule has 0 aromatic carbocycles. The molecular formula is C14H20O2S2. The lowest BCUT2D eigenvalue weighted by molar-refractivity contribution is -0.142. The van der Waals surface area contributed by atoms with E-state index >= 15 is 0 Å². The molecular weight excluding hydrogens is 264 g/mol. The van der Waals surface area contributed by atoms with Gasteiger partial charge in [0.15, 0.2) is 0 Å². The maximum atomic E-state index is 11.4. The molecule has 2 bridgehead atoms. The van der Waals surface area contributed by atoms with Crippen molar-refractivity contribution in [2.45, 2.75) is 47.2 Å². The lowest BCUT2D eigenvalue weighted by Crippen LogP contribution is -2.23. The first-order valence-corrected chi connectivity index (χ1v) is 8.49. The predicted molar refractivity (Wildman–Crippen MR) is 77.8 cm³/mol. The molecule has 0 spiro atoms. The molecule has 0 aromatic heterocycles. The summed E-state index contributed by atoms with van der Waals surface area (Å²) in [5.41, 5.74) is 0. The minimum absolute atomic E-state index is 0.0768. The van der Waals surface area contributed by atoms with Crippen molar-refractivity contribution in [3.8, 4) is 0 Å². The molecule has 3 rings (SSSR count). The summed E-state index contributed by atoms with van der Waals surface area (Å²) in [7, 11) is 0. The van der Waals surface area contributed by atoms with E-state index in [0.717, 1.165) is 22.3 Å². The Morgan fingerprint density at radius 3 is 2.56 bits per heavy atom. The predicted octanol–water partition coefficient (Wildman–Crippen LogP) is 3.47. The van der Waals surface area contributed by atoms with E-state index in [0.29, 0.717) is 13.0 Å². The van der Waals surface area contributed by atoms with E-state index in [1.807, 2.05) is 0 Å². The van der Waals surface area contributed by atoms with Gasteiger partial charge in [-0.05, 0) is 38.0 Å². The minimum atomic E-state index is -0.146. The number of hydrogen-bond acceptors (Lipinski definition) is 4. The van der Waals surface area contributed by atoms with Gasteiger partial charge in [0.05, 0.1) is 10.5 Å². The highest BCUT2D eigenvalue weighted by Crippen LogP contribution is 2.65. The van der Waals surface area contributed by atoms with Gasteiger partial charge in [0, 0.05) is 10.5 Å². The average molecular weight is 284 g/mol. The zero-order valence-corrected chi connectivity index (χ0v) is 12.4. The number of rotatable bonds is 4. The summed E-state index contributed by atoms with van der Waals surface area (Å²) in [6, 6.07) is 0. The van der Waals surface area contributed by atoms with Crippen LogP contribution in [0.2, 0.25) is 0 Å². The summed E-state index contributed by atoms with van der Waals surface area (Å²) in [6.45, 7) is 6.34. The van der Waals surface area contributed by atoms with Crippen LogP contribution in [-0.2, 0) is 9.53 Å². The fourth-order valence-corrected chi connectivity index (χ4v) is 7.79. The van der Waals surface area contributed by atoms with Gasteiger partial charge in [-0.25, -0.2) is 0 Å². The van der Waals surface area contributed by atoms with Gasteiger partial charge in [-0.1, -0.05) is 6.08 Å². The fraction of sp³-hybridized carbons (Fsp3) is 0.786. The summed E-state index contributed by atoms with van der Waals surface area (Å²) in [5.74, 6) is 1.72. The third-order valence-corrected chi connectivity index (χ3v) is 8.23. The number of hydrogen-bond donors (Lipinski definition) is 0. The molecule has 3 fully saturated rings. The molecule has 18 heavy (non-hydrogen) atoms. The molecule has 4 atom stereocenters. The Kier molecular flexibility index (Phi) is 3.43. The second-order valence-corrected chi connectivity index (χ2v) is 9.41. The first-order chi connectivity index (χ1) is 8.61. The maximum absolute atomic E-state index is 11.4. The third-order valence-electron chi connectivity index (χ3n) is 4.34. The summed E-state index contributed by atoms with van der Waals surface area (Å²) < 4.78 is 5.45. The molecule has 4 heteroatoms. The minimum Gasteiger partial charge on any atom is -0.463 e. The molecule has 1 heterocycles. The maximum Gasteiger partial charge on any atom is 0.309 e. The standard InChI is InChI=1S/C14H20O2S2/c1-3-4-11(15)16-8-14(2)17-12-9-5-6-10(7-9)13(12)18-14/h3,9-10,12-13H,1,4-8H2,2H3. The summed E-state index contributed by atoms with van der Waals surface area (Å²) >= 11 is 4.13. The van der Waals surface area contributed by atoms with Crippen LogP contribution in [0.5, 0.6) is 0 Å². The monoisotopic (exact) mass is 284 g/mol. The molecule has 0 amide bonds. The van der Waals surface area contributed by atoms with Gasteiger partial charge in [-0.2, -0.15) is 0 Å². The van der Waals surface area contributed by atoms with E-state index < -0.39 is 0 Å². The zero-order chi connectivity index (χ0) is 12.8. The Bertz CT molecular complexity index is 351. The molecule has 0 aromatic rings. The molecule has 1 aliphatic heterocycles. The highest BCUT2D eigenvalue weighted by Gasteiger charge is 2.57. The number of ether oxygens (including phenoxy) is 1. The van der Waals surface area contributed by atoms with Crippen molar-refractivity contribution in [3.05, 3.63) is 12.7 Å². The van der Waals surface area contributed by atoms with Gasteiger partial charge < -0.3 is 4.74 Å². The third kappa shape index (κ3) is 2.22. The van der Waals surface area contributed by atoms with E-state index in [2.05, 4.69) is 37.0 Å². The van der Waals surface area contributed by atoms with Crippen LogP contribution in [0.3, 0.4) is 0 Å². The van der Waals surface area contributed by atoms with Crippen molar-refractivity contribution >= 4 is 29.5 Å². The highest BCUT2D eigenvalue weighted by molar-refractivity contribution is 8.22. The van der Waals surface area contributed by atoms with E-state index in [1.165, 1.54) is 19.3 Å². The molecule has 100 valence electrons. The van der Waals surface area contributed by atoms with Gasteiger partial charge in [0.1, 0.15) is 6.61 Å². The molecule has 3 aliphatic rings. The van der Waals surface area contributed by atoms with E-state index in [1.54, 1.807) is 6.08 Å². The summed E-state index contributed by atoms with van der Waals surface area (Å²) in [6.07, 6.45) is 6.22. The Hall–Kier alpha value is -0.0900. The first-order valence-electron chi connectivity index (χ1n) is 6.73. The number of thioether (sulfide) groups is 2. The molecule has 2 aliphatic carbocycles. The van der Waals surface area contributed by atoms with Gasteiger partial charge in [0.2, 0.25) is 0 Å². The van der Waals surface area contributed by atoms with Crippen LogP contribution < -0.4 is 0 Å². The van der Waals surface area contributed by atoms with Crippen LogP contribution in [-0.4, -0.2) is 27.2 Å². The van der Waals surface area contributed by atoms with Crippen molar-refractivity contribution in [2.75, 3.05) is 6.61 Å². The van der Waals surface area contributed by atoms with Gasteiger partial charge in [-0.3, -0.25) is 4.79 Å². The Morgan fingerprint density at radius 2 is 2.00 bits per heavy atom. The number of esters is 1. The van der Waals surface area contributed by atoms with Gasteiger partial charge in [0.25, 0.3) is 0 Å². The van der Waals surface area contributed by atoms with E-state index in [9.17, 15) is 4.79 Å². The van der Waals surface area contributed by atoms with E-state index in [-0.39, 0.29) is 10.0 Å². The number of carbonyl (C=O) groups excluding carboxylic acids is 1. The van der Waals surface area contributed by atoms with Crippen molar-refractivity contribution in [2.24, 2.45) is 11.8 Å². The van der Waals surface area contributed by atoms with Gasteiger partial charge >= 0.3 is 5.97 Å². The van der Waals surface area contributed by atoms with Crippen LogP contribution in [0, 0.1) is 11.8 Å². The smallest absolute Gasteiger partial charge is 0.309 e. The molecule has 1 saturated heterocycles. The fourth-order valence-electron chi connectivity index (χ4n) is 3.57. The summed E-state index contributed by atoms with van der Waals surface area (Å²) in [5, 5.41) is 1.63. The van der Waals surface area contributed by atoms with Crippen molar-refractivity contribution in [1.29, 1.82) is 0 Å². The SMILES string of the molecule is C=CCC(=O)OCC1(C)SC2C3CCC(C3)C2S1. The first kappa shape index (κ1) is 12.9. The second kappa shape index (κ2) is 4.78. The zero-order valence-electron chi connectivity index (χ0n) is 10.8. The van der Waals surface area contributed by atoms with Crippen molar-refractivity contribution in [1.82, 2.24) is 0 Å². The van der Waals surface area contributed by atoms with E-state index in [4.69, 9.17) is 4.74 Å². The lowest BCUT2D eigenvalue weighted by Gasteiger charge is -2.23. The molecule has 2 saturated carbocycles. The Balaban J connectivity index is 1.57. The van der Waals surface area contributed by atoms with Crippen LogP contribution in [0.1, 0.15) is 32.6 Å². The van der Waals surface area contributed by atoms with Crippen molar-refractivity contribution < 1.29 is 9.53 Å². The quantitative estimate of drug-likeness (QED) is 0.583. The topological polar surface area (TPSA) is 26.3 Å². The average Bonchev–Trinajstić information content (AvgIpc) is 2.97. The van der Waals surface area contributed by atoms with Crippen LogP contribution in [0.25, 0.3) is 0 Å². The number of fused-ring (bicyclic) bond motifs is 5.